The van der Waals surface area contributed by atoms with Gasteiger partial charge in [-0.05, 0) is 39.1 Å². The summed E-state index contributed by atoms with van der Waals surface area (Å²) in [4.78, 5) is 11.3. The fourth-order valence-electron chi connectivity index (χ4n) is 1.53. The molecule has 0 aliphatic carbocycles. The molecule has 0 amide bonds. The van der Waals surface area contributed by atoms with Gasteiger partial charge in [0, 0.05) is 11.6 Å². The number of hydrogen-bond donors (Lipinski definition) is 0. The SMILES string of the molecule is CC(=O)/C=C(\O[Si](C)(C)C)c1ccccc1C. The van der Waals surface area contributed by atoms with Crippen LogP contribution in [0.1, 0.15) is 18.1 Å². The molecule has 0 atom stereocenters. The second kappa shape index (κ2) is 5.32. The lowest BCUT2D eigenvalue weighted by atomic mass is 10.1. The first-order valence-electron chi connectivity index (χ1n) is 5.77. The summed E-state index contributed by atoms with van der Waals surface area (Å²) < 4.78 is 5.99. The van der Waals surface area contributed by atoms with Gasteiger partial charge in [-0.3, -0.25) is 4.79 Å². The molecule has 0 saturated heterocycles. The molecular weight excluding hydrogens is 228 g/mol. The first-order valence-corrected chi connectivity index (χ1v) is 9.18. The van der Waals surface area contributed by atoms with Crippen LogP contribution in [0.4, 0.5) is 0 Å². The summed E-state index contributed by atoms with van der Waals surface area (Å²) in [6, 6.07) is 7.96. The summed E-state index contributed by atoms with van der Waals surface area (Å²) in [5.74, 6) is 0.719. The maximum Gasteiger partial charge on any atom is 0.242 e. The highest BCUT2D eigenvalue weighted by Gasteiger charge is 2.19. The van der Waals surface area contributed by atoms with Crippen LogP contribution in [0.5, 0.6) is 0 Å². The summed E-state index contributed by atoms with van der Waals surface area (Å²) in [5.41, 5.74) is 2.13. The molecule has 1 aromatic rings. The summed E-state index contributed by atoms with van der Waals surface area (Å²) in [6.07, 6.45) is 1.58. The predicted molar refractivity (Wildman–Crippen MR) is 74.3 cm³/mol. The molecule has 0 saturated carbocycles. The summed E-state index contributed by atoms with van der Waals surface area (Å²) in [7, 11) is -1.71. The molecule has 0 unspecified atom stereocenters. The van der Waals surface area contributed by atoms with Crippen molar-refractivity contribution in [3.8, 4) is 0 Å². The van der Waals surface area contributed by atoms with Gasteiger partial charge in [0.1, 0.15) is 5.76 Å². The summed E-state index contributed by atoms with van der Waals surface area (Å²) >= 11 is 0. The third-order valence-electron chi connectivity index (χ3n) is 2.16. The fourth-order valence-corrected chi connectivity index (χ4v) is 2.35. The maximum atomic E-state index is 11.3. The summed E-state index contributed by atoms with van der Waals surface area (Å²) in [5, 5.41) is 0. The average Bonchev–Trinajstić information content (AvgIpc) is 2.14. The van der Waals surface area contributed by atoms with Crippen LogP contribution in [0.25, 0.3) is 5.76 Å². The van der Waals surface area contributed by atoms with Crippen LogP contribution in [0.2, 0.25) is 19.6 Å². The number of carbonyl (C=O) groups is 1. The Hall–Kier alpha value is -1.35. The Morgan fingerprint density at radius 3 is 2.29 bits per heavy atom. The molecule has 0 radical (unpaired) electrons. The van der Waals surface area contributed by atoms with Gasteiger partial charge >= 0.3 is 0 Å². The van der Waals surface area contributed by atoms with Crippen LogP contribution in [0.15, 0.2) is 30.3 Å². The highest BCUT2D eigenvalue weighted by molar-refractivity contribution is 6.70. The minimum Gasteiger partial charge on any atom is -0.544 e. The normalized spacial score (nSPS) is 12.4. The van der Waals surface area contributed by atoms with E-state index in [1.165, 1.54) is 0 Å². The molecule has 0 bridgehead atoms. The van der Waals surface area contributed by atoms with Crippen molar-refractivity contribution in [1.82, 2.24) is 0 Å². The molecule has 3 heteroatoms. The van der Waals surface area contributed by atoms with Crippen LogP contribution in [0.3, 0.4) is 0 Å². The van der Waals surface area contributed by atoms with Gasteiger partial charge in [0.05, 0.1) is 0 Å². The number of hydrogen-bond acceptors (Lipinski definition) is 2. The molecule has 0 fully saturated rings. The van der Waals surface area contributed by atoms with Crippen molar-refractivity contribution in [2.75, 3.05) is 0 Å². The van der Waals surface area contributed by atoms with E-state index in [0.717, 1.165) is 11.1 Å². The van der Waals surface area contributed by atoms with Gasteiger partial charge < -0.3 is 4.43 Å². The molecule has 2 nitrogen and oxygen atoms in total. The Bertz CT molecular complexity index is 442. The van der Waals surface area contributed by atoms with Crippen molar-refractivity contribution in [3.63, 3.8) is 0 Å². The summed E-state index contributed by atoms with van der Waals surface area (Å²) in [6.45, 7) is 9.90. The molecule has 0 spiro atoms. The van der Waals surface area contributed by atoms with Gasteiger partial charge in [0.2, 0.25) is 8.32 Å². The number of aryl methyl sites for hydroxylation is 1. The predicted octanol–water partition coefficient (Wildman–Crippen LogP) is 3.78. The molecule has 17 heavy (non-hydrogen) atoms. The van der Waals surface area contributed by atoms with Gasteiger partial charge in [-0.2, -0.15) is 0 Å². The smallest absolute Gasteiger partial charge is 0.242 e. The van der Waals surface area contributed by atoms with Crippen LogP contribution in [0, 0.1) is 6.92 Å². The average molecular weight is 248 g/mol. The van der Waals surface area contributed by atoms with Crippen LogP contribution >= 0.6 is 0 Å². The molecular formula is C14H20O2Si. The van der Waals surface area contributed by atoms with Gasteiger partial charge in [-0.15, -0.1) is 0 Å². The Kier molecular flexibility index (Phi) is 4.29. The number of allylic oxidation sites excluding steroid dienone is 1. The molecule has 92 valence electrons. The van der Waals surface area contributed by atoms with Crippen LogP contribution < -0.4 is 0 Å². The van der Waals surface area contributed by atoms with E-state index in [4.69, 9.17) is 4.43 Å². The Labute approximate surface area is 104 Å². The number of ketones is 1. The highest BCUT2D eigenvalue weighted by Crippen LogP contribution is 2.23. The van der Waals surface area contributed by atoms with Crippen molar-refractivity contribution >= 4 is 19.9 Å². The van der Waals surface area contributed by atoms with Gasteiger partial charge in [0.15, 0.2) is 5.78 Å². The lowest BCUT2D eigenvalue weighted by Gasteiger charge is -2.22. The molecule has 0 aliphatic heterocycles. The second-order valence-corrected chi connectivity index (χ2v) is 9.58. The quantitative estimate of drug-likeness (QED) is 0.460. The number of carbonyl (C=O) groups excluding carboxylic acids is 1. The van der Waals surface area contributed by atoms with E-state index in [0.29, 0.717) is 5.76 Å². The van der Waals surface area contributed by atoms with E-state index in [1.807, 2.05) is 31.2 Å². The monoisotopic (exact) mass is 248 g/mol. The van der Waals surface area contributed by atoms with E-state index in [1.54, 1.807) is 13.0 Å². The molecule has 1 rings (SSSR count). The van der Waals surface area contributed by atoms with Crippen molar-refractivity contribution in [2.45, 2.75) is 33.5 Å². The first kappa shape index (κ1) is 13.7. The first-order chi connectivity index (χ1) is 7.79. The molecule has 0 heterocycles. The zero-order chi connectivity index (χ0) is 13.1. The van der Waals surface area contributed by atoms with Crippen molar-refractivity contribution in [2.24, 2.45) is 0 Å². The van der Waals surface area contributed by atoms with E-state index in [2.05, 4.69) is 19.6 Å². The maximum absolute atomic E-state index is 11.3. The number of rotatable bonds is 4. The minimum atomic E-state index is -1.71. The zero-order valence-corrected chi connectivity index (χ0v) is 12.2. The fraction of sp³-hybridized carbons (Fsp3) is 0.357. The highest BCUT2D eigenvalue weighted by atomic mass is 28.4. The Morgan fingerprint density at radius 2 is 1.82 bits per heavy atom. The lowest BCUT2D eigenvalue weighted by Crippen LogP contribution is -2.24. The minimum absolute atomic E-state index is 0.0153. The molecule has 0 aromatic heterocycles. The van der Waals surface area contributed by atoms with E-state index in [9.17, 15) is 4.79 Å². The van der Waals surface area contributed by atoms with E-state index in [-0.39, 0.29) is 5.78 Å². The van der Waals surface area contributed by atoms with Crippen LogP contribution in [-0.2, 0) is 9.22 Å². The van der Waals surface area contributed by atoms with E-state index >= 15 is 0 Å². The van der Waals surface area contributed by atoms with Gasteiger partial charge in [-0.25, -0.2) is 0 Å². The second-order valence-electron chi connectivity index (χ2n) is 5.15. The van der Waals surface area contributed by atoms with Gasteiger partial charge in [0.25, 0.3) is 0 Å². The Balaban J connectivity index is 3.17. The van der Waals surface area contributed by atoms with Crippen molar-refractivity contribution in [1.29, 1.82) is 0 Å². The Morgan fingerprint density at radius 1 is 1.24 bits per heavy atom. The zero-order valence-electron chi connectivity index (χ0n) is 11.2. The number of benzene rings is 1. The topological polar surface area (TPSA) is 26.3 Å². The standard InChI is InChI=1S/C14H20O2Si/c1-11-8-6-7-9-13(11)14(10-12(2)15)16-17(3,4)5/h6-10H,1-5H3/b14-10-. The van der Waals surface area contributed by atoms with Crippen LogP contribution in [-0.4, -0.2) is 14.1 Å². The largest absolute Gasteiger partial charge is 0.544 e. The van der Waals surface area contributed by atoms with E-state index < -0.39 is 8.32 Å². The third kappa shape index (κ3) is 4.57. The molecule has 0 aliphatic rings. The molecule has 0 N–H and O–H groups in total. The van der Waals surface area contributed by atoms with Crippen molar-refractivity contribution < 1.29 is 9.22 Å². The van der Waals surface area contributed by atoms with Crippen molar-refractivity contribution in [3.05, 3.63) is 41.5 Å². The van der Waals surface area contributed by atoms with Gasteiger partial charge in [-0.1, -0.05) is 24.3 Å². The third-order valence-corrected chi connectivity index (χ3v) is 2.99. The molecule has 1 aromatic carbocycles. The lowest BCUT2D eigenvalue weighted by molar-refractivity contribution is -0.112.